The molecule has 2 heterocycles. The topological polar surface area (TPSA) is 13.0 Å². The fourth-order valence-electron chi connectivity index (χ4n) is 3.79. The van der Waals surface area contributed by atoms with Gasteiger partial charge < -0.3 is 19.6 Å². The third-order valence-corrected chi connectivity index (χ3v) is 5.47. The van der Waals surface area contributed by atoms with E-state index in [0.29, 0.717) is 12.3 Å². The molecule has 23 heavy (non-hydrogen) atoms. The van der Waals surface area contributed by atoms with Gasteiger partial charge in [0.25, 0.3) is 0 Å². The van der Waals surface area contributed by atoms with Crippen LogP contribution in [0.4, 0.5) is 22.7 Å². The monoisotopic (exact) mass is 308 g/mol. The lowest BCUT2D eigenvalue weighted by molar-refractivity contribution is 0.593. The fraction of sp³-hybridized carbons (Fsp3) is 0.368. The van der Waals surface area contributed by atoms with Gasteiger partial charge in [0.15, 0.2) is 0 Å². The SMILES string of the molecule is C[C@@H]1N(C)c2ccccc2N1CN1c2ccccc2N(C)[C@@H]1C. The van der Waals surface area contributed by atoms with E-state index in [-0.39, 0.29) is 0 Å². The number of hydrogen-bond acceptors (Lipinski definition) is 4. The van der Waals surface area contributed by atoms with Crippen LogP contribution >= 0.6 is 0 Å². The summed E-state index contributed by atoms with van der Waals surface area (Å²) in [6.07, 6.45) is 0.718. The first-order chi connectivity index (χ1) is 11.1. The summed E-state index contributed by atoms with van der Waals surface area (Å²) in [5.41, 5.74) is 5.27. The molecule has 0 bridgehead atoms. The second-order valence-electron chi connectivity index (χ2n) is 6.54. The van der Waals surface area contributed by atoms with Crippen LogP contribution in [-0.4, -0.2) is 33.1 Å². The summed E-state index contributed by atoms with van der Waals surface area (Å²) in [7, 11) is 4.36. The standard InChI is InChI=1S/C19H24N4/c1-14-20(3)16-9-5-7-11-18(16)22(14)13-23-15(2)21(4)17-10-6-8-12-19(17)23/h5-12,14-15H,13H2,1-4H3/t14-,15+. The van der Waals surface area contributed by atoms with Gasteiger partial charge in [-0.05, 0) is 38.1 Å². The van der Waals surface area contributed by atoms with Gasteiger partial charge in [-0.2, -0.15) is 0 Å². The Kier molecular flexibility index (Phi) is 3.15. The molecule has 0 radical (unpaired) electrons. The van der Waals surface area contributed by atoms with Gasteiger partial charge in [0.2, 0.25) is 0 Å². The molecule has 0 spiro atoms. The molecule has 0 aliphatic carbocycles. The van der Waals surface area contributed by atoms with Crippen LogP contribution in [0.3, 0.4) is 0 Å². The zero-order chi connectivity index (χ0) is 16.1. The second-order valence-corrected chi connectivity index (χ2v) is 6.54. The van der Waals surface area contributed by atoms with E-state index >= 15 is 0 Å². The van der Waals surface area contributed by atoms with E-state index in [0.717, 1.165) is 6.67 Å². The summed E-state index contributed by atoms with van der Waals surface area (Å²) in [4.78, 5) is 9.68. The van der Waals surface area contributed by atoms with E-state index in [2.05, 4.69) is 96.1 Å². The van der Waals surface area contributed by atoms with Gasteiger partial charge in [-0.15, -0.1) is 0 Å². The van der Waals surface area contributed by atoms with E-state index < -0.39 is 0 Å². The van der Waals surface area contributed by atoms with E-state index in [1.807, 2.05) is 0 Å². The molecule has 0 amide bonds. The van der Waals surface area contributed by atoms with Crippen molar-refractivity contribution in [1.29, 1.82) is 0 Å². The third kappa shape index (κ3) is 1.97. The van der Waals surface area contributed by atoms with Gasteiger partial charge >= 0.3 is 0 Å². The van der Waals surface area contributed by atoms with Crippen molar-refractivity contribution in [2.75, 3.05) is 40.4 Å². The molecule has 120 valence electrons. The Morgan fingerprint density at radius 2 is 1.00 bits per heavy atom. The summed E-state index contributed by atoms with van der Waals surface area (Å²) >= 11 is 0. The molecule has 2 aromatic carbocycles. The molecule has 2 aromatic rings. The highest BCUT2D eigenvalue weighted by Crippen LogP contribution is 2.42. The zero-order valence-corrected chi connectivity index (χ0v) is 14.3. The quantitative estimate of drug-likeness (QED) is 0.841. The molecule has 4 heteroatoms. The normalized spacial score (nSPS) is 22.6. The molecule has 4 nitrogen and oxygen atoms in total. The van der Waals surface area contributed by atoms with E-state index in [1.54, 1.807) is 0 Å². The predicted octanol–water partition coefficient (Wildman–Crippen LogP) is 3.55. The highest BCUT2D eigenvalue weighted by molar-refractivity contribution is 5.80. The number of benzene rings is 2. The highest BCUT2D eigenvalue weighted by atomic mass is 15.5. The predicted molar refractivity (Wildman–Crippen MR) is 98.4 cm³/mol. The molecular formula is C19H24N4. The van der Waals surface area contributed by atoms with Gasteiger partial charge in [0.1, 0.15) is 12.3 Å². The number of hydrogen-bond donors (Lipinski definition) is 0. The van der Waals surface area contributed by atoms with Crippen molar-refractivity contribution >= 4 is 22.7 Å². The van der Waals surface area contributed by atoms with Crippen molar-refractivity contribution in [3.63, 3.8) is 0 Å². The maximum absolute atomic E-state index is 2.49. The van der Waals surface area contributed by atoms with E-state index in [1.165, 1.54) is 22.7 Å². The summed E-state index contributed by atoms with van der Waals surface area (Å²) in [6.45, 7) is 5.44. The lowest BCUT2D eigenvalue weighted by Crippen LogP contribution is -2.49. The number of fused-ring (bicyclic) bond motifs is 2. The first-order valence-electron chi connectivity index (χ1n) is 8.26. The van der Waals surface area contributed by atoms with Crippen LogP contribution in [0.1, 0.15) is 13.8 Å². The van der Waals surface area contributed by atoms with Crippen LogP contribution in [0.5, 0.6) is 0 Å². The molecule has 2 aliphatic rings. The Labute approximate surface area is 138 Å². The Morgan fingerprint density at radius 1 is 0.652 bits per heavy atom. The summed E-state index contributed by atoms with van der Waals surface area (Å²) < 4.78 is 0. The minimum absolute atomic E-state index is 0.359. The van der Waals surface area contributed by atoms with Crippen molar-refractivity contribution in [2.45, 2.75) is 26.2 Å². The first-order valence-corrected chi connectivity index (χ1v) is 8.26. The number of para-hydroxylation sites is 4. The Bertz CT molecular complexity index is 667. The fourth-order valence-corrected chi connectivity index (χ4v) is 3.79. The maximum Gasteiger partial charge on any atom is 0.100 e. The van der Waals surface area contributed by atoms with Crippen LogP contribution in [0.15, 0.2) is 48.5 Å². The average molecular weight is 308 g/mol. The minimum Gasteiger partial charge on any atom is -0.353 e. The molecule has 2 atom stereocenters. The maximum atomic E-state index is 2.49. The second kappa shape index (κ2) is 5.08. The van der Waals surface area contributed by atoms with E-state index in [4.69, 9.17) is 0 Å². The van der Waals surface area contributed by atoms with Crippen molar-refractivity contribution in [1.82, 2.24) is 0 Å². The van der Waals surface area contributed by atoms with Crippen molar-refractivity contribution < 1.29 is 0 Å². The van der Waals surface area contributed by atoms with E-state index in [9.17, 15) is 0 Å². The van der Waals surface area contributed by atoms with Gasteiger partial charge in [-0.1, -0.05) is 24.3 Å². The van der Waals surface area contributed by atoms with Crippen LogP contribution in [-0.2, 0) is 0 Å². The molecule has 0 saturated carbocycles. The lowest BCUT2D eigenvalue weighted by atomic mass is 10.2. The smallest absolute Gasteiger partial charge is 0.100 e. The summed E-state index contributed by atoms with van der Waals surface area (Å²) in [6, 6.07) is 17.4. The molecule has 0 saturated heterocycles. The van der Waals surface area contributed by atoms with Crippen LogP contribution in [0.25, 0.3) is 0 Å². The van der Waals surface area contributed by atoms with Gasteiger partial charge in [-0.25, -0.2) is 0 Å². The molecule has 0 aromatic heterocycles. The minimum atomic E-state index is 0.359. The number of anilines is 4. The number of nitrogens with zero attached hydrogens (tertiary/aromatic N) is 4. The molecule has 0 unspecified atom stereocenters. The van der Waals surface area contributed by atoms with Gasteiger partial charge in [0.05, 0.1) is 29.4 Å². The molecule has 2 aliphatic heterocycles. The third-order valence-electron chi connectivity index (χ3n) is 5.47. The van der Waals surface area contributed by atoms with Gasteiger partial charge in [-0.3, -0.25) is 0 Å². The van der Waals surface area contributed by atoms with Crippen molar-refractivity contribution in [2.24, 2.45) is 0 Å². The zero-order valence-electron chi connectivity index (χ0n) is 14.3. The molecular weight excluding hydrogens is 284 g/mol. The lowest BCUT2D eigenvalue weighted by Gasteiger charge is -2.35. The Hall–Kier alpha value is -2.36. The summed E-state index contributed by atoms with van der Waals surface area (Å²) in [5, 5.41) is 0. The van der Waals surface area contributed by atoms with Crippen LogP contribution in [0.2, 0.25) is 0 Å². The highest BCUT2D eigenvalue weighted by Gasteiger charge is 2.36. The van der Waals surface area contributed by atoms with Crippen LogP contribution < -0.4 is 19.6 Å². The van der Waals surface area contributed by atoms with Gasteiger partial charge in [0, 0.05) is 14.1 Å². The molecule has 0 fully saturated rings. The van der Waals surface area contributed by atoms with Crippen molar-refractivity contribution in [3.05, 3.63) is 48.5 Å². The molecule has 0 N–H and O–H groups in total. The first kappa shape index (κ1) is 14.2. The largest absolute Gasteiger partial charge is 0.353 e. The summed E-state index contributed by atoms with van der Waals surface area (Å²) in [5.74, 6) is 0. The number of rotatable bonds is 2. The van der Waals surface area contributed by atoms with Crippen molar-refractivity contribution in [3.8, 4) is 0 Å². The average Bonchev–Trinajstić information content (AvgIpc) is 2.97. The Balaban J connectivity index is 1.69. The Morgan fingerprint density at radius 3 is 1.39 bits per heavy atom. The molecule has 4 rings (SSSR count). The van der Waals surface area contributed by atoms with Crippen LogP contribution in [0, 0.1) is 0 Å².